The molecule has 0 unspecified atom stereocenters. The smallest absolute Gasteiger partial charge is 0.156 e. The lowest BCUT2D eigenvalue weighted by atomic mass is 10.2. The SMILES string of the molecule is CC(=S)OC[C@H](O)[C@H](C)O. The van der Waals surface area contributed by atoms with Crippen LogP contribution in [-0.2, 0) is 4.74 Å². The fourth-order valence-electron chi connectivity index (χ4n) is 0.342. The van der Waals surface area contributed by atoms with E-state index in [1.807, 2.05) is 0 Å². The number of ether oxygens (including phenoxy) is 1. The molecule has 0 aliphatic rings. The summed E-state index contributed by atoms with van der Waals surface area (Å²) < 4.78 is 4.79. The molecule has 2 N–H and O–H groups in total. The van der Waals surface area contributed by atoms with Crippen LogP contribution in [0.25, 0.3) is 0 Å². The molecule has 0 rings (SSSR count). The molecule has 0 aromatic heterocycles. The quantitative estimate of drug-likeness (QED) is 0.580. The molecule has 0 fully saturated rings. The van der Waals surface area contributed by atoms with Gasteiger partial charge in [0.05, 0.1) is 6.10 Å². The second-order valence-electron chi connectivity index (χ2n) is 2.11. The van der Waals surface area contributed by atoms with Gasteiger partial charge in [-0.05, 0) is 19.1 Å². The first-order valence-electron chi connectivity index (χ1n) is 3.03. The third-order valence-corrected chi connectivity index (χ3v) is 1.13. The highest BCUT2D eigenvalue weighted by molar-refractivity contribution is 7.80. The lowest BCUT2D eigenvalue weighted by Crippen LogP contribution is -2.28. The normalized spacial score (nSPS) is 16.0. The molecule has 0 amide bonds. The van der Waals surface area contributed by atoms with Crippen molar-refractivity contribution < 1.29 is 14.9 Å². The predicted molar refractivity (Wildman–Crippen MR) is 41.9 cm³/mol. The lowest BCUT2D eigenvalue weighted by Gasteiger charge is -2.13. The summed E-state index contributed by atoms with van der Waals surface area (Å²) in [6, 6.07) is 0. The first-order chi connectivity index (χ1) is 4.54. The van der Waals surface area contributed by atoms with Crippen LogP contribution in [0.1, 0.15) is 13.8 Å². The monoisotopic (exact) mass is 164 g/mol. The molecule has 0 aliphatic heterocycles. The van der Waals surface area contributed by atoms with Gasteiger partial charge in [-0.25, -0.2) is 0 Å². The summed E-state index contributed by atoms with van der Waals surface area (Å²) in [5.41, 5.74) is 0. The van der Waals surface area contributed by atoms with Crippen molar-refractivity contribution in [3.63, 3.8) is 0 Å². The van der Waals surface area contributed by atoms with Crippen molar-refractivity contribution in [2.24, 2.45) is 0 Å². The van der Waals surface area contributed by atoms with E-state index in [0.29, 0.717) is 5.05 Å². The largest absolute Gasteiger partial charge is 0.485 e. The summed E-state index contributed by atoms with van der Waals surface area (Å²) in [5.74, 6) is 0. The molecule has 2 atom stereocenters. The fraction of sp³-hybridized carbons (Fsp3) is 0.833. The summed E-state index contributed by atoms with van der Waals surface area (Å²) in [5, 5.41) is 18.1. The number of thiocarbonyl (C=S) groups is 1. The van der Waals surface area contributed by atoms with Crippen LogP contribution in [0.5, 0.6) is 0 Å². The molecule has 0 aliphatic carbocycles. The third kappa shape index (κ3) is 4.67. The first kappa shape index (κ1) is 9.81. The number of hydrogen-bond donors (Lipinski definition) is 2. The molecular weight excluding hydrogens is 152 g/mol. The Balaban J connectivity index is 3.39. The van der Waals surface area contributed by atoms with Crippen molar-refractivity contribution in [3.05, 3.63) is 0 Å². The van der Waals surface area contributed by atoms with Gasteiger partial charge in [0, 0.05) is 6.92 Å². The zero-order valence-corrected chi connectivity index (χ0v) is 6.89. The van der Waals surface area contributed by atoms with E-state index in [0.717, 1.165) is 0 Å². The maximum atomic E-state index is 8.94. The molecule has 0 aromatic rings. The van der Waals surface area contributed by atoms with Crippen molar-refractivity contribution in [1.29, 1.82) is 0 Å². The molecule has 10 heavy (non-hydrogen) atoms. The Bertz CT molecular complexity index is 114. The van der Waals surface area contributed by atoms with Crippen LogP contribution in [0.4, 0.5) is 0 Å². The van der Waals surface area contributed by atoms with Gasteiger partial charge in [-0.2, -0.15) is 0 Å². The fourth-order valence-corrected chi connectivity index (χ4v) is 0.410. The van der Waals surface area contributed by atoms with Crippen LogP contribution in [0.15, 0.2) is 0 Å². The minimum atomic E-state index is -0.849. The van der Waals surface area contributed by atoms with Gasteiger partial charge >= 0.3 is 0 Å². The Labute approximate surface area is 65.6 Å². The Kier molecular flexibility index (Phi) is 4.51. The van der Waals surface area contributed by atoms with Gasteiger partial charge in [-0.1, -0.05) is 0 Å². The zero-order valence-electron chi connectivity index (χ0n) is 6.07. The molecule has 60 valence electrons. The summed E-state index contributed by atoms with van der Waals surface area (Å²) >= 11 is 4.59. The van der Waals surface area contributed by atoms with Gasteiger partial charge < -0.3 is 14.9 Å². The molecule has 0 bridgehead atoms. The highest BCUT2D eigenvalue weighted by atomic mass is 32.1. The molecular formula is C6H12O3S. The maximum absolute atomic E-state index is 8.94. The van der Waals surface area contributed by atoms with Gasteiger partial charge in [0.1, 0.15) is 12.7 Å². The Morgan fingerprint density at radius 1 is 1.60 bits per heavy atom. The minimum Gasteiger partial charge on any atom is -0.485 e. The Morgan fingerprint density at radius 2 is 2.10 bits per heavy atom. The summed E-state index contributed by atoms with van der Waals surface area (Å²) in [7, 11) is 0. The Morgan fingerprint density at radius 3 is 2.40 bits per heavy atom. The molecule has 0 saturated carbocycles. The first-order valence-corrected chi connectivity index (χ1v) is 3.44. The Hall–Kier alpha value is -0.190. The molecule has 3 nitrogen and oxygen atoms in total. The van der Waals surface area contributed by atoms with E-state index in [-0.39, 0.29) is 6.61 Å². The highest BCUT2D eigenvalue weighted by Crippen LogP contribution is 1.93. The van der Waals surface area contributed by atoms with Gasteiger partial charge in [0.25, 0.3) is 0 Å². The van der Waals surface area contributed by atoms with Gasteiger partial charge in [-0.15, -0.1) is 0 Å². The van der Waals surface area contributed by atoms with Crippen LogP contribution in [0.3, 0.4) is 0 Å². The summed E-state index contributed by atoms with van der Waals surface area (Å²) in [6.45, 7) is 3.17. The third-order valence-electron chi connectivity index (χ3n) is 1.01. The topological polar surface area (TPSA) is 49.7 Å². The molecule has 0 saturated heterocycles. The molecule has 0 spiro atoms. The average Bonchev–Trinajstić information content (AvgIpc) is 1.82. The van der Waals surface area contributed by atoms with Crippen LogP contribution in [0, 0.1) is 0 Å². The molecule has 0 aromatic carbocycles. The van der Waals surface area contributed by atoms with Gasteiger partial charge in [0.2, 0.25) is 0 Å². The number of rotatable bonds is 3. The van der Waals surface area contributed by atoms with Crippen LogP contribution in [0.2, 0.25) is 0 Å². The van der Waals surface area contributed by atoms with E-state index in [9.17, 15) is 0 Å². The van der Waals surface area contributed by atoms with E-state index in [1.165, 1.54) is 6.92 Å². The van der Waals surface area contributed by atoms with E-state index in [2.05, 4.69) is 12.2 Å². The standard InChI is InChI=1S/C6H12O3S/c1-4(7)6(8)3-9-5(2)10/h4,6-8H,3H2,1-2H3/t4-,6-/m0/s1. The minimum absolute atomic E-state index is 0.0625. The molecule has 0 radical (unpaired) electrons. The second kappa shape index (κ2) is 4.60. The summed E-state index contributed by atoms with van der Waals surface area (Å²) in [4.78, 5) is 0. The van der Waals surface area contributed by atoms with Crippen LogP contribution < -0.4 is 0 Å². The summed E-state index contributed by atoms with van der Waals surface area (Å²) in [6.07, 6.45) is -1.62. The van der Waals surface area contributed by atoms with Gasteiger partial charge in [-0.3, -0.25) is 0 Å². The number of aliphatic hydroxyl groups excluding tert-OH is 2. The van der Waals surface area contributed by atoms with Crippen molar-refractivity contribution in [2.75, 3.05) is 6.61 Å². The van der Waals surface area contributed by atoms with Crippen molar-refractivity contribution >= 4 is 17.3 Å². The molecule has 0 heterocycles. The lowest BCUT2D eigenvalue weighted by molar-refractivity contribution is -0.0000288. The number of hydrogen-bond acceptors (Lipinski definition) is 4. The van der Waals surface area contributed by atoms with Crippen molar-refractivity contribution in [2.45, 2.75) is 26.1 Å². The predicted octanol–water partition coefficient (Wildman–Crippen LogP) is 0.0920. The van der Waals surface area contributed by atoms with Crippen molar-refractivity contribution in [3.8, 4) is 0 Å². The van der Waals surface area contributed by atoms with Gasteiger partial charge in [0.15, 0.2) is 5.05 Å². The van der Waals surface area contributed by atoms with E-state index < -0.39 is 12.2 Å². The zero-order chi connectivity index (χ0) is 8.15. The highest BCUT2D eigenvalue weighted by Gasteiger charge is 2.10. The maximum Gasteiger partial charge on any atom is 0.156 e. The van der Waals surface area contributed by atoms with Crippen molar-refractivity contribution in [1.82, 2.24) is 0 Å². The van der Waals surface area contributed by atoms with E-state index >= 15 is 0 Å². The van der Waals surface area contributed by atoms with Crippen LogP contribution >= 0.6 is 12.2 Å². The van der Waals surface area contributed by atoms with E-state index in [1.54, 1.807) is 6.92 Å². The number of aliphatic hydroxyl groups is 2. The average molecular weight is 164 g/mol. The van der Waals surface area contributed by atoms with Crippen LogP contribution in [-0.4, -0.2) is 34.1 Å². The molecule has 4 heteroatoms. The second-order valence-corrected chi connectivity index (χ2v) is 2.69. The van der Waals surface area contributed by atoms with E-state index in [4.69, 9.17) is 14.9 Å².